The zero-order valence-corrected chi connectivity index (χ0v) is 8.42. The molecule has 0 atom stereocenters. The molecule has 16 heavy (non-hydrogen) atoms. The van der Waals surface area contributed by atoms with E-state index in [0.717, 1.165) is 0 Å². The standard InChI is InChI=1S/C10H10N4O2/c11-4-7-1-2-12-9(3-7)13-8-5-14(6-8)10(15)16/h1-3,8H,5-6H2,(H,12,13)(H,15,16). The second-order valence-electron chi connectivity index (χ2n) is 3.57. The summed E-state index contributed by atoms with van der Waals surface area (Å²) in [6, 6.07) is 5.36. The van der Waals surface area contributed by atoms with Crippen molar-refractivity contribution in [3.63, 3.8) is 0 Å². The number of nitrogens with zero attached hydrogens (tertiary/aromatic N) is 3. The number of rotatable bonds is 2. The quantitative estimate of drug-likeness (QED) is 0.763. The first-order valence-corrected chi connectivity index (χ1v) is 4.79. The normalized spacial score (nSPS) is 15.1. The van der Waals surface area contributed by atoms with Gasteiger partial charge >= 0.3 is 6.09 Å². The van der Waals surface area contributed by atoms with Gasteiger partial charge in [-0.25, -0.2) is 9.78 Å². The fourth-order valence-electron chi connectivity index (χ4n) is 1.51. The molecule has 0 bridgehead atoms. The van der Waals surface area contributed by atoms with Crippen LogP contribution in [0.5, 0.6) is 0 Å². The molecular formula is C10H10N4O2. The summed E-state index contributed by atoms with van der Waals surface area (Å²) >= 11 is 0. The number of nitriles is 1. The molecule has 1 fully saturated rings. The Morgan fingerprint density at radius 3 is 3.06 bits per heavy atom. The third kappa shape index (κ3) is 2.03. The smallest absolute Gasteiger partial charge is 0.407 e. The van der Waals surface area contributed by atoms with Crippen LogP contribution in [0.3, 0.4) is 0 Å². The zero-order valence-electron chi connectivity index (χ0n) is 8.42. The molecule has 0 aliphatic carbocycles. The van der Waals surface area contributed by atoms with Gasteiger partial charge in [0.15, 0.2) is 0 Å². The topological polar surface area (TPSA) is 89.3 Å². The maximum absolute atomic E-state index is 10.5. The molecule has 0 saturated carbocycles. The molecule has 6 nitrogen and oxygen atoms in total. The predicted octanol–water partition coefficient (Wildman–Crippen LogP) is 0.727. The van der Waals surface area contributed by atoms with Gasteiger partial charge in [-0.05, 0) is 12.1 Å². The summed E-state index contributed by atoms with van der Waals surface area (Å²) in [5.74, 6) is 0.606. The molecule has 0 radical (unpaired) electrons. The molecule has 2 heterocycles. The number of aromatic nitrogens is 1. The molecule has 2 rings (SSSR count). The average Bonchev–Trinajstić information content (AvgIpc) is 2.22. The number of carboxylic acid groups (broad SMARTS) is 1. The Morgan fingerprint density at radius 2 is 2.44 bits per heavy atom. The second kappa shape index (κ2) is 4.06. The summed E-state index contributed by atoms with van der Waals surface area (Å²) in [4.78, 5) is 15.9. The monoisotopic (exact) mass is 218 g/mol. The molecule has 1 aliphatic rings. The molecule has 0 unspecified atom stereocenters. The first-order valence-electron chi connectivity index (χ1n) is 4.79. The van der Waals surface area contributed by atoms with Gasteiger partial charge in [0.1, 0.15) is 5.82 Å². The lowest BCUT2D eigenvalue weighted by atomic mass is 10.1. The van der Waals surface area contributed by atoms with Crippen LogP contribution in [0, 0.1) is 11.3 Å². The maximum Gasteiger partial charge on any atom is 0.407 e. The van der Waals surface area contributed by atoms with E-state index in [4.69, 9.17) is 10.4 Å². The van der Waals surface area contributed by atoms with E-state index in [1.807, 2.05) is 6.07 Å². The van der Waals surface area contributed by atoms with Crippen LogP contribution in [0.2, 0.25) is 0 Å². The van der Waals surface area contributed by atoms with Crippen molar-refractivity contribution >= 4 is 11.9 Å². The molecule has 1 saturated heterocycles. The Kier molecular flexibility index (Phi) is 2.60. The highest BCUT2D eigenvalue weighted by atomic mass is 16.4. The number of hydrogen-bond acceptors (Lipinski definition) is 4. The van der Waals surface area contributed by atoms with Gasteiger partial charge < -0.3 is 15.3 Å². The average molecular weight is 218 g/mol. The lowest BCUT2D eigenvalue weighted by Gasteiger charge is -2.37. The number of amides is 1. The molecule has 1 aromatic heterocycles. The molecule has 2 N–H and O–H groups in total. The van der Waals surface area contributed by atoms with Crippen molar-refractivity contribution in [3.05, 3.63) is 23.9 Å². The maximum atomic E-state index is 10.5. The van der Waals surface area contributed by atoms with Crippen molar-refractivity contribution in [1.82, 2.24) is 9.88 Å². The fourth-order valence-corrected chi connectivity index (χ4v) is 1.51. The molecule has 6 heteroatoms. The van der Waals surface area contributed by atoms with E-state index in [0.29, 0.717) is 24.5 Å². The van der Waals surface area contributed by atoms with E-state index in [2.05, 4.69) is 10.3 Å². The van der Waals surface area contributed by atoms with Crippen LogP contribution in [0.15, 0.2) is 18.3 Å². The number of likely N-dealkylation sites (tertiary alicyclic amines) is 1. The number of anilines is 1. The second-order valence-corrected chi connectivity index (χ2v) is 3.57. The predicted molar refractivity (Wildman–Crippen MR) is 56.0 cm³/mol. The largest absolute Gasteiger partial charge is 0.465 e. The highest BCUT2D eigenvalue weighted by Gasteiger charge is 2.30. The van der Waals surface area contributed by atoms with Crippen LogP contribution in [0.25, 0.3) is 0 Å². The lowest BCUT2D eigenvalue weighted by Crippen LogP contribution is -2.56. The highest BCUT2D eigenvalue weighted by molar-refractivity contribution is 5.66. The van der Waals surface area contributed by atoms with Crippen molar-refractivity contribution in [3.8, 4) is 6.07 Å². The first-order chi connectivity index (χ1) is 7.69. The number of nitrogens with one attached hydrogen (secondary N) is 1. The lowest BCUT2D eigenvalue weighted by molar-refractivity contribution is 0.111. The minimum Gasteiger partial charge on any atom is -0.465 e. The minimum absolute atomic E-state index is 0.0811. The van der Waals surface area contributed by atoms with E-state index in [9.17, 15) is 4.79 Å². The molecule has 0 aromatic carbocycles. The zero-order chi connectivity index (χ0) is 11.5. The third-order valence-corrected chi connectivity index (χ3v) is 2.39. The summed E-state index contributed by atoms with van der Waals surface area (Å²) in [5, 5.41) is 20.4. The van der Waals surface area contributed by atoms with E-state index < -0.39 is 6.09 Å². The van der Waals surface area contributed by atoms with Crippen molar-refractivity contribution in [2.75, 3.05) is 18.4 Å². The van der Waals surface area contributed by atoms with Gasteiger partial charge in [-0.1, -0.05) is 0 Å². The van der Waals surface area contributed by atoms with Gasteiger partial charge in [0.2, 0.25) is 0 Å². The molecule has 0 spiro atoms. The van der Waals surface area contributed by atoms with Crippen LogP contribution in [-0.4, -0.2) is 40.2 Å². The van der Waals surface area contributed by atoms with Crippen LogP contribution in [-0.2, 0) is 0 Å². The SMILES string of the molecule is N#Cc1ccnc(NC2CN(C(=O)O)C2)c1. The molecule has 82 valence electrons. The van der Waals surface area contributed by atoms with Gasteiger partial charge in [-0.3, -0.25) is 0 Å². The fraction of sp³-hybridized carbons (Fsp3) is 0.300. The summed E-state index contributed by atoms with van der Waals surface area (Å²) in [7, 11) is 0. The molecule has 1 amide bonds. The summed E-state index contributed by atoms with van der Waals surface area (Å²) in [6.45, 7) is 0.904. The molecule has 1 aromatic rings. The third-order valence-electron chi connectivity index (χ3n) is 2.39. The summed E-state index contributed by atoms with van der Waals surface area (Å²) in [6.07, 6.45) is 0.644. The van der Waals surface area contributed by atoms with Crippen molar-refractivity contribution in [2.24, 2.45) is 0 Å². The Morgan fingerprint density at radius 1 is 1.69 bits per heavy atom. The van der Waals surface area contributed by atoms with E-state index in [-0.39, 0.29) is 6.04 Å². The molecule has 1 aliphatic heterocycles. The Bertz CT molecular complexity index is 448. The summed E-state index contributed by atoms with van der Waals surface area (Å²) < 4.78 is 0. The first kappa shape index (κ1) is 10.2. The Labute approximate surface area is 92.1 Å². The Balaban J connectivity index is 1.92. The van der Waals surface area contributed by atoms with Gasteiger partial charge in [0, 0.05) is 19.3 Å². The van der Waals surface area contributed by atoms with Crippen molar-refractivity contribution in [2.45, 2.75) is 6.04 Å². The van der Waals surface area contributed by atoms with E-state index in [1.54, 1.807) is 18.3 Å². The van der Waals surface area contributed by atoms with Crippen LogP contribution in [0.4, 0.5) is 10.6 Å². The van der Waals surface area contributed by atoms with Gasteiger partial charge in [-0.2, -0.15) is 5.26 Å². The van der Waals surface area contributed by atoms with Crippen molar-refractivity contribution in [1.29, 1.82) is 5.26 Å². The summed E-state index contributed by atoms with van der Waals surface area (Å²) in [5.41, 5.74) is 0.534. The van der Waals surface area contributed by atoms with Crippen LogP contribution in [0.1, 0.15) is 5.56 Å². The number of hydrogen-bond donors (Lipinski definition) is 2. The van der Waals surface area contributed by atoms with Gasteiger partial charge in [0.05, 0.1) is 17.7 Å². The van der Waals surface area contributed by atoms with E-state index >= 15 is 0 Å². The molecular weight excluding hydrogens is 208 g/mol. The van der Waals surface area contributed by atoms with Crippen LogP contribution < -0.4 is 5.32 Å². The minimum atomic E-state index is -0.906. The van der Waals surface area contributed by atoms with Crippen LogP contribution >= 0.6 is 0 Å². The van der Waals surface area contributed by atoms with Gasteiger partial charge in [-0.15, -0.1) is 0 Å². The number of pyridine rings is 1. The van der Waals surface area contributed by atoms with E-state index in [1.165, 1.54) is 4.90 Å². The highest BCUT2D eigenvalue weighted by Crippen LogP contribution is 2.14. The van der Waals surface area contributed by atoms with Gasteiger partial charge in [0.25, 0.3) is 0 Å². The number of carbonyl (C=O) groups is 1. The Hall–Kier alpha value is -2.29. The van der Waals surface area contributed by atoms with Crippen molar-refractivity contribution < 1.29 is 9.90 Å².